The van der Waals surface area contributed by atoms with Crippen LogP contribution in [0.3, 0.4) is 0 Å². The smallest absolute Gasteiger partial charge is 0.276 e. The van der Waals surface area contributed by atoms with Crippen LogP contribution in [-0.4, -0.2) is 29.3 Å². The van der Waals surface area contributed by atoms with Gasteiger partial charge < -0.3 is 15.0 Å². The Kier molecular flexibility index (Phi) is 6.57. The van der Waals surface area contributed by atoms with Crippen molar-refractivity contribution in [1.82, 2.24) is 10.2 Å². The zero-order valence-corrected chi connectivity index (χ0v) is 16.1. The minimum atomic E-state index is -0.322. The van der Waals surface area contributed by atoms with Gasteiger partial charge in [0.05, 0.1) is 12.3 Å². The van der Waals surface area contributed by atoms with Crippen LogP contribution < -0.4 is 15.0 Å². The van der Waals surface area contributed by atoms with Crippen LogP contribution in [0.25, 0.3) is 0 Å². The number of hydrogen-bond acceptors (Lipinski definition) is 5. The number of nitrogens with zero attached hydrogens (tertiary/aromatic N) is 3. The van der Waals surface area contributed by atoms with Gasteiger partial charge in [-0.2, -0.15) is 0 Å². The topological polar surface area (TPSA) is 67.3 Å². The molecule has 0 bridgehead atoms. The number of amides is 1. The molecule has 0 spiro atoms. The second kappa shape index (κ2) is 9.50. The molecule has 1 aromatic heterocycles. The molecule has 2 aromatic carbocycles. The minimum Gasteiger partial charge on any atom is -0.492 e. The molecule has 0 unspecified atom stereocenters. The normalized spacial score (nSPS) is 10.4. The summed E-state index contributed by atoms with van der Waals surface area (Å²) in [5.74, 6) is 1.04. The van der Waals surface area contributed by atoms with Gasteiger partial charge in [-0.15, -0.1) is 10.2 Å². The van der Waals surface area contributed by atoms with Crippen LogP contribution in [0, 0.1) is 0 Å². The van der Waals surface area contributed by atoms with Crippen molar-refractivity contribution in [1.29, 1.82) is 0 Å². The first-order valence-electron chi connectivity index (χ1n) is 9.37. The van der Waals surface area contributed by atoms with E-state index in [9.17, 15) is 4.79 Å². The Bertz CT molecular complexity index is 898. The van der Waals surface area contributed by atoms with E-state index in [-0.39, 0.29) is 11.6 Å². The van der Waals surface area contributed by atoms with Crippen molar-refractivity contribution >= 4 is 17.4 Å². The van der Waals surface area contributed by atoms with Crippen molar-refractivity contribution in [2.45, 2.75) is 20.4 Å². The third-order valence-electron chi connectivity index (χ3n) is 4.24. The number of para-hydroxylation sites is 2. The van der Waals surface area contributed by atoms with Crippen LogP contribution in [-0.2, 0) is 6.54 Å². The molecule has 0 radical (unpaired) electrons. The Morgan fingerprint density at radius 1 is 0.964 bits per heavy atom. The first-order chi connectivity index (χ1) is 13.7. The summed E-state index contributed by atoms with van der Waals surface area (Å²) < 4.78 is 5.54. The lowest BCUT2D eigenvalue weighted by molar-refractivity contribution is 0.102. The molecule has 0 aliphatic rings. The van der Waals surface area contributed by atoms with Gasteiger partial charge in [0.1, 0.15) is 5.75 Å². The number of aromatic nitrogens is 2. The molecule has 0 fully saturated rings. The molecule has 28 heavy (non-hydrogen) atoms. The summed E-state index contributed by atoms with van der Waals surface area (Å²) in [6.45, 7) is 6.01. The van der Waals surface area contributed by atoms with Gasteiger partial charge in [0.25, 0.3) is 5.91 Å². The summed E-state index contributed by atoms with van der Waals surface area (Å²) in [6, 6.07) is 21.0. The highest BCUT2D eigenvalue weighted by atomic mass is 16.5. The average molecular weight is 376 g/mol. The van der Waals surface area contributed by atoms with Gasteiger partial charge in [-0.3, -0.25) is 4.79 Å². The summed E-state index contributed by atoms with van der Waals surface area (Å²) in [7, 11) is 0. The van der Waals surface area contributed by atoms with E-state index in [1.807, 2.05) is 49.4 Å². The molecule has 0 saturated carbocycles. The van der Waals surface area contributed by atoms with Crippen LogP contribution in [0.2, 0.25) is 0 Å². The fraction of sp³-hybridized carbons (Fsp3) is 0.227. The Hall–Kier alpha value is -3.41. The number of carbonyl (C=O) groups excluding carboxylic acids is 1. The third kappa shape index (κ3) is 4.85. The van der Waals surface area contributed by atoms with Crippen molar-refractivity contribution in [3.8, 4) is 5.75 Å². The van der Waals surface area contributed by atoms with E-state index in [1.165, 1.54) is 5.56 Å². The number of rotatable bonds is 8. The van der Waals surface area contributed by atoms with E-state index in [1.54, 1.807) is 12.1 Å². The van der Waals surface area contributed by atoms with Gasteiger partial charge in [-0.05, 0) is 43.7 Å². The fourth-order valence-corrected chi connectivity index (χ4v) is 2.81. The van der Waals surface area contributed by atoms with Crippen LogP contribution in [0.5, 0.6) is 5.75 Å². The largest absolute Gasteiger partial charge is 0.492 e. The van der Waals surface area contributed by atoms with E-state index >= 15 is 0 Å². The molecule has 1 heterocycles. The van der Waals surface area contributed by atoms with Crippen molar-refractivity contribution in [3.63, 3.8) is 0 Å². The molecule has 3 aromatic rings. The van der Waals surface area contributed by atoms with Crippen LogP contribution in [0.4, 0.5) is 11.5 Å². The van der Waals surface area contributed by atoms with E-state index < -0.39 is 0 Å². The van der Waals surface area contributed by atoms with Crippen molar-refractivity contribution in [3.05, 3.63) is 78.0 Å². The maximum Gasteiger partial charge on any atom is 0.276 e. The Balaban J connectivity index is 1.70. The maximum atomic E-state index is 12.5. The third-order valence-corrected chi connectivity index (χ3v) is 4.24. The summed E-state index contributed by atoms with van der Waals surface area (Å²) >= 11 is 0. The highest BCUT2D eigenvalue weighted by Crippen LogP contribution is 2.24. The predicted molar refractivity (Wildman–Crippen MR) is 111 cm³/mol. The molecule has 144 valence electrons. The average Bonchev–Trinajstić information content (AvgIpc) is 2.74. The van der Waals surface area contributed by atoms with E-state index in [0.717, 1.165) is 18.9 Å². The van der Waals surface area contributed by atoms with Crippen LogP contribution >= 0.6 is 0 Å². The van der Waals surface area contributed by atoms with Crippen molar-refractivity contribution < 1.29 is 9.53 Å². The summed E-state index contributed by atoms with van der Waals surface area (Å²) in [5.41, 5.74) is 2.06. The lowest BCUT2D eigenvalue weighted by atomic mass is 10.2. The highest BCUT2D eigenvalue weighted by Gasteiger charge is 2.13. The molecular weight excluding hydrogens is 352 g/mol. The zero-order chi connectivity index (χ0) is 19.8. The molecule has 6 heteroatoms. The first kappa shape index (κ1) is 19.4. The summed E-state index contributed by atoms with van der Waals surface area (Å²) in [6.07, 6.45) is 0. The monoisotopic (exact) mass is 376 g/mol. The Morgan fingerprint density at radius 3 is 2.39 bits per heavy atom. The molecule has 6 nitrogen and oxygen atoms in total. The molecule has 0 saturated heterocycles. The van der Waals surface area contributed by atoms with Gasteiger partial charge >= 0.3 is 0 Å². The highest BCUT2D eigenvalue weighted by molar-refractivity contribution is 6.03. The number of benzene rings is 2. The maximum absolute atomic E-state index is 12.5. The van der Waals surface area contributed by atoms with Gasteiger partial charge in [0, 0.05) is 13.1 Å². The van der Waals surface area contributed by atoms with E-state index in [2.05, 4.69) is 39.5 Å². The molecule has 0 aliphatic heterocycles. The molecule has 1 amide bonds. The van der Waals surface area contributed by atoms with E-state index in [4.69, 9.17) is 4.74 Å². The van der Waals surface area contributed by atoms with Gasteiger partial charge in [0.15, 0.2) is 11.5 Å². The minimum absolute atomic E-state index is 0.255. The molecular formula is C22H24N4O2. The Labute approximate surface area is 165 Å². The first-order valence-corrected chi connectivity index (χ1v) is 9.37. The zero-order valence-electron chi connectivity index (χ0n) is 16.1. The number of ether oxygens (including phenoxy) is 1. The number of nitrogens with one attached hydrogen (secondary N) is 1. The fourth-order valence-electron chi connectivity index (χ4n) is 2.81. The van der Waals surface area contributed by atoms with Crippen molar-refractivity contribution in [2.75, 3.05) is 23.4 Å². The molecule has 0 atom stereocenters. The van der Waals surface area contributed by atoms with Gasteiger partial charge in [0.2, 0.25) is 0 Å². The number of anilines is 2. The number of carbonyl (C=O) groups is 1. The quantitative estimate of drug-likeness (QED) is 0.640. The number of hydrogen-bond donors (Lipinski definition) is 1. The van der Waals surface area contributed by atoms with Crippen LogP contribution in [0.1, 0.15) is 29.9 Å². The van der Waals surface area contributed by atoms with E-state index in [0.29, 0.717) is 18.0 Å². The van der Waals surface area contributed by atoms with Crippen LogP contribution in [0.15, 0.2) is 66.7 Å². The van der Waals surface area contributed by atoms with Gasteiger partial charge in [-0.1, -0.05) is 42.5 Å². The molecule has 3 rings (SSSR count). The lowest BCUT2D eigenvalue weighted by Gasteiger charge is -2.21. The summed E-state index contributed by atoms with van der Waals surface area (Å²) in [4.78, 5) is 14.6. The Morgan fingerprint density at radius 2 is 1.71 bits per heavy atom. The SMILES string of the molecule is CCOc1ccccc1NC(=O)c1ccc(N(CC)Cc2ccccc2)nn1. The van der Waals surface area contributed by atoms with Gasteiger partial charge in [-0.25, -0.2) is 0 Å². The lowest BCUT2D eigenvalue weighted by Crippen LogP contribution is -2.24. The molecule has 0 aliphatic carbocycles. The predicted octanol–water partition coefficient (Wildman–Crippen LogP) is 4.15. The molecule has 1 N–H and O–H groups in total. The van der Waals surface area contributed by atoms with Crippen molar-refractivity contribution in [2.24, 2.45) is 0 Å². The summed E-state index contributed by atoms with van der Waals surface area (Å²) in [5, 5.41) is 11.2. The second-order valence-corrected chi connectivity index (χ2v) is 6.16. The second-order valence-electron chi connectivity index (χ2n) is 6.16. The standard InChI is InChI=1S/C22H24N4O2/c1-3-26(16-17-10-6-5-7-11-17)21-15-14-19(24-25-21)22(27)23-18-12-8-9-13-20(18)28-4-2/h5-15H,3-4,16H2,1-2H3,(H,23,27).